The van der Waals surface area contributed by atoms with Gasteiger partial charge in [0.25, 0.3) is 11.8 Å². The number of amides is 3. The Morgan fingerprint density at radius 3 is 2.17 bits per heavy atom. The summed E-state index contributed by atoms with van der Waals surface area (Å²) in [4.78, 5) is 43.7. The van der Waals surface area contributed by atoms with Crippen LogP contribution in [0.2, 0.25) is 0 Å². The van der Waals surface area contributed by atoms with Crippen molar-refractivity contribution in [1.29, 1.82) is 0 Å². The highest BCUT2D eigenvalue weighted by Crippen LogP contribution is 2.28. The van der Waals surface area contributed by atoms with E-state index in [4.69, 9.17) is 0 Å². The van der Waals surface area contributed by atoms with Crippen LogP contribution in [0, 0.1) is 5.82 Å². The van der Waals surface area contributed by atoms with Crippen LogP contribution in [0.5, 0.6) is 0 Å². The molecule has 2 heterocycles. The van der Waals surface area contributed by atoms with Gasteiger partial charge in [-0.25, -0.2) is 9.37 Å². The summed E-state index contributed by atoms with van der Waals surface area (Å²) in [5.41, 5.74) is 3.01. The summed E-state index contributed by atoms with van der Waals surface area (Å²) < 4.78 is 15.3. The van der Waals surface area contributed by atoms with Crippen molar-refractivity contribution in [2.45, 2.75) is 19.4 Å². The largest absolute Gasteiger partial charge is 0.312 e. The number of anilines is 1. The first-order chi connectivity index (χ1) is 17.5. The molecule has 3 amide bonds. The normalized spacial score (nSPS) is 12.6. The molecule has 1 aliphatic heterocycles. The van der Waals surface area contributed by atoms with Gasteiger partial charge in [-0.1, -0.05) is 42.5 Å². The molecule has 0 atom stereocenters. The molecule has 1 aromatic heterocycles. The van der Waals surface area contributed by atoms with Crippen molar-refractivity contribution in [3.63, 3.8) is 0 Å². The van der Waals surface area contributed by atoms with Gasteiger partial charge < -0.3 is 9.88 Å². The average Bonchev–Trinajstić information content (AvgIpc) is 3.39. The van der Waals surface area contributed by atoms with E-state index in [0.717, 1.165) is 5.56 Å². The summed E-state index contributed by atoms with van der Waals surface area (Å²) in [6.07, 6.45) is 2.06. The Hall–Kier alpha value is -4.59. The van der Waals surface area contributed by atoms with Gasteiger partial charge in [0, 0.05) is 18.5 Å². The number of nitrogens with one attached hydrogen (secondary N) is 1. The summed E-state index contributed by atoms with van der Waals surface area (Å²) in [5, 5.41) is 2.94. The van der Waals surface area contributed by atoms with E-state index in [-0.39, 0.29) is 36.5 Å². The van der Waals surface area contributed by atoms with Gasteiger partial charge >= 0.3 is 0 Å². The van der Waals surface area contributed by atoms with Crippen LogP contribution in [0.4, 0.5) is 10.2 Å². The highest BCUT2D eigenvalue weighted by Gasteiger charge is 2.34. The van der Waals surface area contributed by atoms with Crippen LogP contribution in [-0.4, -0.2) is 38.7 Å². The summed E-state index contributed by atoms with van der Waals surface area (Å²) >= 11 is 0. The monoisotopic (exact) mass is 482 g/mol. The lowest BCUT2D eigenvalue weighted by Gasteiger charge is -2.14. The minimum absolute atomic E-state index is 0.104. The second-order valence-corrected chi connectivity index (χ2v) is 8.52. The first-order valence-electron chi connectivity index (χ1n) is 11.6. The van der Waals surface area contributed by atoms with Crippen LogP contribution in [0.25, 0.3) is 11.3 Å². The zero-order chi connectivity index (χ0) is 25.1. The molecule has 0 fully saturated rings. The summed E-state index contributed by atoms with van der Waals surface area (Å²) in [6.45, 7) is 0.632. The van der Waals surface area contributed by atoms with Crippen molar-refractivity contribution < 1.29 is 18.8 Å². The van der Waals surface area contributed by atoms with E-state index in [9.17, 15) is 18.8 Å². The number of rotatable bonds is 8. The van der Waals surface area contributed by atoms with Gasteiger partial charge in [-0.05, 0) is 48.4 Å². The van der Waals surface area contributed by atoms with Crippen LogP contribution >= 0.6 is 0 Å². The third-order valence-corrected chi connectivity index (χ3v) is 6.07. The standard InChI is InChI=1S/C28H23FN4O3/c29-21-14-12-20(13-15-21)25-26(32(18-30-25)17-19-7-2-1-3-8-19)31-24(34)11-6-16-33-27(35)22-9-4-5-10-23(22)28(33)36/h1-5,7-10,12-15,18H,6,11,16-17H2,(H,31,34). The summed E-state index contributed by atoms with van der Waals surface area (Å²) in [7, 11) is 0. The number of benzene rings is 3. The number of carbonyl (C=O) groups is 3. The molecule has 0 aliphatic carbocycles. The van der Waals surface area contributed by atoms with Crippen molar-refractivity contribution >= 4 is 23.5 Å². The third-order valence-electron chi connectivity index (χ3n) is 6.07. The molecular formula is C28H23FN4O3. The molecule has 0 spiro atoms. The fourth-order valence-corrected chi connectivity index (χ4v) is 4.27. The van der Waals surface area contributed by atoms with Crippen LogP contribution < -0.4 is 5.32 Å². The van der Waals surface area contributed by atoms with Crippen molar-refractivity contribution in [2.24, 2.45) is 0 Å². The number of carbonyl (C=O) groups excluding carboxylic acids is 3. The molecule has 3 aromatic carbocycles. The Kier molecular flexibility index (Phi) is 6.40. The fourth-order valence-electron chi connectivity index (χ4n) is 4.27. The Bertz CT molecular complexity index is 1400. The van der Waals surface area contributed by atoms with E-state index in [1.807, 2.05) is 34.9 Å². The predicted molar refractivity (Wildman–Crippen MR) is 133 cm³/mol. The minimum atomic E-state index is -0.360. The quantitative estimate of drug-likeness (QED) is 0.367. The number of imidazole rings is 1. The van der Waals surface area contributed by atoms with Gasteiger partial charge in [-0.3, -0.25) is 19.3 Å². The first-order valence-corrected chi connectivity index (χ1v) is 11.6. The smallest absolute Gasteiger partial charge is 0.261 e. The molecule has 4 aromatic rings. The van der Waals surface area contributed by atoms with Crippen molar-refractivity contribution in [2.75, 3.05) is 11.9 Å². The van der Waals surface area contributed by atoms with Gasteiger partial charge in [-0.2, -0.15) is 0 Å². The molecule has 1 N–H and O–H groups in total. The third kappa shape index (κ3) is 4.65. The van der Waals surface area contributed by atoms with Crippen LogP contribution in [0.3, 0.4) is 0 Å². The van der Waals surface area contributed by atoms with E-state index in [1.54, 1.807) is 42.7 Å². The molecule has 0 saturated heterocycles. The number of fused-ring (bicyclic) bond motifs is 1. The number of hydrogen-bond acceptors (Lipinski definition) is 4. The van der Waals surface area contributed by atoms with E-state index in [1.165, 1.54) is 17.0 Å². The summed E-state index contributed by atoms with van der Waals surface area (Å²) in [6, 6.07) is 22.4. The van der Waals surface area contributed by atoms with E-state index in [0.29, 0.717) is 41.2 Å². The van der Waals surface area contributed by atoms with Gasteiger partial charge in [0.1, 0.15) is 17.3 Å². The SMILES string of the molecule is O=C(CCCN1C(=O)c2ccccc2C1=O)Nc1c(-c2ccc(F)cc2)ncn1Cc1ccccc1. The van der Waals surface area contributed by atoms with Gasteiger partial charge in [-0.15, -0.1) is 0 Å². The molecule has 8 heteroatoms. The van der Waals surface area contributed by atoms with Crippen LogP contribution in [0.1, 0.15) is 39.1 Å². The van der Waals surface area contributed by atoms with Gasteiger partial charge in [0.2, 0.25) is 5.91 Å². The maximum absolute atomic E-state index is 13.5. The Morgan fingerprint density at radius 1 is 0.861 bits per heavy atom. The molecule has 0 saturated carbocycles. The number of hydrogen-bond donors (Lipinski definition) is 1. The minimum Gasteiger partial charge on any atom is -0.312 e. The van der Waals surface area contributed by atoms with Crippen molar-refractivity contribution in [3.05, 3.63) is 108 Å². The fraction of sp³-hybridized carbons (Fsp3) is 0.143. The first kappa shape index (κ1) is 23.2. The zero-order valence-corrected chi connectivity index (χ0v) is 19.4. The molecule has 5 rings (SSSR count). The lowest BCUT2D eigenvalue weighted by Crippen LogP contribution is -2.31. The second-order valence-electron chi connectivity index (χ2n) is 8.52. The highest BCUT2D eigenvalue weighted by molar-refractivity contribution is 6.21. The highest BCUT2D eigenvalue weighted by atomic mass is 19.1. The van der Waals surface area contributed by atoms with Crippen molar-refractivity contribution in [3.8, 4) is 11.3 Å². The topological polar surface area (TPSA) is 84.3 Å². The second kappa shape index (κ2) is 9.95. The predicted octanol–water partition coefficient (Wildman–Crippen LogP) is 4.75. The molecule has 0 radical (unpaired) electrons. The van der Waals surface area contributed by atoms with E-state index in [2.05, 4.69) is 10.3 Å². The summed E-state index contributed by atoms with van der Waals surface area (Å²) in [5.74, 6) is -0.812. The van der Waals surface area contributed by atoms with E-state index < -0.39 is 0 Å². The van der Waals surface area contributed by atoms with Crippen molar-refractivity contribution in [1.82, 2.24) is 14.5 Å². The van der Waals surface area contributed by atoms with Gasteiger partial charge in [0.05, 0.1) is 24.0 Å². The molecule has 7 nitrogen and oxygen atoms in total. The Labute approximate surface area is 207 Å². The number of nitrogens with zero attached hydrogens (tertiary/aromatic N) is 3. The van der Waals surface area contributed by atoms with Crippen LogP contribution in [-0.2, 0) is 11.3 Å². The molecule has 36 heavy (non-hydrogen) atoms. The molecular weight excluding hydrogens is 459 g/mol. The molecule has 1 aliphatic rings. The Balaban J connectivity index is 1.29. The lowest BCUT2D eigenvalue weighted by molar-refractivity contribution is -0.116. The maximum atomic E-state index is 13.5. The molecule has 0 bridgehead atoms. The number of imide groups is 1. The Morgan fingerprint density at radius 2 is 1.50 bits per heavy atom. The van der Waals surface area contributed by atoms with Crippen LogP contribution in [0.15, 0.2) is 85.2 Å². The molecule has 180 valence electrons. The maximum Gasteiger partial charge on any atom is 0.261 e. The average molecular weight is 483 g/mol. The van der Waals surface area contributed by atoms with Gasteiger partial charge in [0.15, 0.2) is 0 Å². The molecule has 0 unspecified atom stereocenters. The lowest BCUT2D eigenvalue weighted by atomic mass is 10.1. The number of aromatic nitrogens is 2. The zero-order valence-electron chi connectivity index (χ0n) is 19.4. The number of halogens is 1. The van der Waals surface area contributed by atoms with E-state index >= 15 is 0 Å².